The van der Waals surface area contributed by atoms with E-state index in [0.717, 1.165) is 62.0 Å². The third kappa shape index (κ3) is 3.43. The summed E-state index contributed by atoms with van der Waals surface area (Å²) in [6.07, 6.45) is 4.54. The molecule has 1 unspecified atom stereocenters. The molecule has 2 aliphatic heterocycles. The van der Waals surface area contributed by atoms with Crippen LogP contribution in [0.25, 0.3) is 0 Å². The molecular formula is C15H23N3O2S. The van der Waals surface area contributed by atoms with Gasteiger partial charge in [0.25, 0.3) is 0 Å². The van der Waals surface area contributed by atoms with E-state index in [1.54, 1.807) is 6.33 Å². The molecule has 1 N–H and O–H groups in total. The zero-order valence-electron chi connectivity index (χ0n) is 12.6. The van der Waals surface area contributed by atoms with Crippen LogP contribution in [0.2, 0.25) is 0 Å². The minimum Gasteiger partial charge on any atom is -0.381 e. The number of piperidine rings is 1. The molecule has 2 saturated heterocycles. The number of rotatable bonds is 5. The Labute approximate surface area is 129 Å². The van der Waals surface area contributed by atoms with Crippen molar-refractivity contribution in [1.82, 2.24) is 14.9 Å². The summed E-state index contributed by atoms with van der Waals surface area (Å²) in [5.41, 5.74) is 2.50. The number of hydrogen-bond acceptors (Lipinski definition) is 4. The first kappa shape index (κ1) is 14.9. The summed E-state index contributed by atoms with van der Waals surface area (Å²) in [7, 11) is 0. The van der Waals surface area contributed by atoms with E-state index < -0.39 is 0 Å². The maximum Gasteiger partial charge on any atom is 0.222 e. The highest BCUT2D eigenvalue weighted by molar-refractivity contribution is 7.98. The Morgan fingerprint density at radius 1 is 1.52 bits per heavy atom. The number of ether oxygens (including phenoxy) is 1. The fourth-order valence-electron chi connectivity index (χ4n) is 3.15. The normalized spacial score (nSPS) is 26.0. The van der Waals surface area contributed by atoms with Gasteiger partial charge in [0.15, 0.2) is 0 Å². The topological polar surface area (TPSA) is 58.2 Å². The largest absolute Gasteiger partial charge is 0.381 e. The molecule has 2 aliphatic rings. The molecule has 5 nitrogen and oxygen atoms in total. The van der Waals surface area contributed by atoms with Crippen molar-refractivity contribution < 1.29 is 9.53 Å². The lowest BCUT2D eigenvalue weighted by Gasteiger charge is -2.39. The second-order valence-electron chi connectivity index (χ2n) is 6.14. The van der Waals surface area contributed by atoms with E-state index in [2.05, 4.69) is 9.97 Å². The summed E-state index contributed by atoms with van der Waals surface area (Å²) in [5.74, 6) is 2.18. The summed E-state index contributed by atoms with van der Waals surface area (Å²) in [6.45, 7) is 5.45. The maximum atomic E-state index is 12.1. The van der Waals surface area contributed by atoms with Crippen molar-refractivity contribution in [2.45, 2.75) is 31.9 Å². The number of aryl methyl sites for hydroxylation is 1. The summed E-state index contributed by atoms with van der Waals surface area (Å²) in [6, 6.07) is 0. The number of amides is 1. The van der Waals surface area contributed by atoms with Crippen LogP contribution in [0.4, 0.5) is 0 Å². The number of H-pyrrole nitrogens is 1. The van der Waals surface area contributed by atoms with Crippen molar-refractivity contribution in [1.29, 1.82) is 0 Å². The van der Waals surface area contributed by atoms with Gasteiger partial charge in [0, 0.05) is 48.7 Å². The van der Waals surface area contributed by atoms with Gasteiger partial charge in [-0.1, -0.05) is 0 Å². The lowest BCUT2D eigenvalue weighted by molar-refractivity contribution is -0.137. The summed E-state index contributed by atoms with van der Waals surface area (Å²) < 4.78 is 5.55. The molecule has 0 aliphatic carbocycles. The first-order chi connectivity index (χ1) is 10.2. The molecule has 1 spiro atoms. The van der Waals surface area contributed by atoms with Gasteiger partial charge >= 0.3 is 0 Å². The van der Waals surface area contributed by atoms with E-state index in [-0.39, 0.29) is 5.41 Å². The van der Waals surface area contributed by atoms with Gasteiger partial charge in [-0.3, -0.25) is 4.79 Å². The minimum atomic E-state index is 0.247. The van der Waals surface area contributed by atoms with Gasteiger partial charge in [-0.15, -0.1) is 0 Å². The zero-order chi connectivity index (χ0) is 14.7. The Morgan fingerprint density at radius 3 is 3.14 bits per heavy atom. The maximum absolute atomic E-state index is 12.1. The lowest BCUT2D eigenvalue weighted by atomic mass is 9.79. The van der Waals surface area contributed by atoms with Crippen LogP contribution < -0.4 is 0 Å². The zero-order valence-corrected chi connectivity index (χ0v) is 13.4. The Hall–Kier alpha value is -1.01. The Balaban J connectivity index is 1.45. The Bertz CT molecular complexity index is 497. The van der Waals surface area contributed by atoms with E-state index in [1.807, 2.05) is 23.6 Å². The van der Waals surface area contributed by atoms with Gasteiger partial charge < -0.3 is 14.6 Å². The van der Waals surface area contributed by atoms with Crippen LogP contribution >= 0.6 is 11.8 Å². The van der Waals surface area contributed by atoms with Crippen molar-refractivity contribution in [3.05, 3.63) is 17.7 Å². The smallest absolute Gasteiger partial charge is 0.222 e. The highest BCUT2D eigenvalue weighted by atomic mass is 32.2. The molecule has 21 heavy (non-hydrogen) atoms. The molecule has 1 atom stereocenters. The van der Waals surface area contributed by atoms with Crippen LogP contribution in [-0.2, 0) is 15.3 Å². The molecule has 3 heterocycles. The number of nitrogens with zero attached hydrogens (tertiary/aromatic N) is 2. The molecule has 1 aromatic heterocycles. The van der Waals surface area contributed by atoms with Crippen LogP contribution in [-0.4, -0.2) is 52.8 Å². The standard InChI is InChI=1S/C15H23N3O2S/c1-12-13(17-11-16-12)8-21-7-5-18-9-15(3-2-14(18)19)4-6-20-10-15/h11H,2-10H2,1H3,(H,16,17). The first-order valence-corrected chi connectivity index (χ1v) is 8.76. The van der Waals surface area contributed by atoms with Crippen molar-refractivity contribution in [3.63, 3.8) is 0 Å². The number of carbonyl (C=O) groups excluding carboxylic acids is 1. The van der Waals surface area contributed by atoms with Gasteiger partial charge in [0.2, 0.25) is 5.91 Å². The van der Waals surface area contributed by atoms with Crippen LogP contribution in [0.15, 0.2) is 6.33 Å². The SMILES string of the molecule is Cc1[nH]cnc1CSCCN1CC2(CCOC2)CCC1=O. The van der Waals surface area contributed by atoms with Crippen molar-refractivity contribution in [3.8, 4) is 0 Å². The molecular weight excluding hydrogens is 286 g/mol. The molecule has 1 aromatic rings. The highest BCUT2D eigenvalue weighted by Crippen LogP contribution is 2.38. The van der Waals surface area contributed by atoms with E-state index in [0.29, 0.717) is 12.3 Å². The number of nitrogens with one attached hydrogen (secondary N) is 1. The number of likely N-dealkylation sites (tertiary alicyclic amines) is 1. The second kappa shape index (κ2) is 6.40. The summed E-state index contributed by atoms with van der Waals surface area (Å²) in [4.78, 5) is 21.5. The average molecular weight is 309 g/mol. The molecule has 0 saturated carbocycles. The minimum absolute atomic E-state index is 0.247. The highest BCUT2D eigenvalue weighted by Gasteiger charge is 2.41. The van der Waals surface area contributed by atoms with E-state index in [4.69, 9.17) is 4.74 Å². The second-order valence-corrected chi connectivity index (χ2v) is 7.25. The fourth-order valence-corrected chi connectivity index (χ4v) is 4.13. The van der Waals surface area contributed by atoms with Crippen molar-refractivity contribution >= 4 is 17.7 Å². The molecule has 2 fully saturated rings. The van der Waals surface area contributed by atoms with Crippen LogP contribution in [0, 0.1) is 12.3 Å². The van der Waals surface area contributed by atoms with E-state index >= 15 is 0 Å². The van der Waals surface area contributed by atoms with Crippen molar-refractivity contribution in [2.24, 2.45) is 5.41 Å². The van der Waals surface area contributed by atoms with Gasteiger partial charge in [-0.2, -0.15) is 11.8 Å². The molecule has 3 rings (SSSR count). The van der Waals surface area contributed by atoms with Gasteiger partial charge in [0.1, 0.15) is 0 Å². The number of aromatic nitrogens is 2. The molecule has 1 amide bonds. The average Bonchev–Trinajstić information content (AvgIpc) is 3.09. The van der Waals surface area contributed by atoms with Gasteiger partial charge in [-0.05, 0) is 19.8 Å². The predicted octanol–water partition coefficient (Wildman–Crippen LogP) is 1.98. The number of carbonyl (C=O) groups is 1. The lowest BCUT2D eigenvalue weighted by Crippen LogP contribution is -2.47. The van der Waals surface area contributed by atoms with E-state index in [9.17, 15) is 4.79 Å². The van der Waals surface area contributed by atoms with Crippen molar-refractivity contribution in [2.75, 3.05) is 32.1 Å². The van der Waals surface area contributed by atoms with Crippen LogP contribution in [0.3, 0.4) is 0 Å². The number of aromatic amines is 1. The van der Waals surface area contributed by atoms with Gasteiger partial charge in [0.05, 0.1) is 18.6 Å². The predicted molar refractivity (Wildman–Crippen MR) is 83.2 cm³/mol. The Morgan fingerprint density at radius 2 is 2.43 bits per heavy atom. The third-order valence-corrected chi connectivity index (χ3v) is 5.56. The Kier molecular flexibility index (Phi) is 4.54. The molecule has 116 valence electrons. The summed E-state index contributed by atoms with van der Waals surface area (Å²) >= 11 is 1.84. The fraction of sp³-hybridized carbons (Fsp3) is 0.733. The summed E-state index contributed by atoms with van der Waals surface area (Å²) in [5, 5.41) is 0. The third-order valence-electron chi connectivity index (χ3n) is 4.61. The monoisotopic (exact) mass is 309 g/mol. The molecule has 6 heteroatoms. The first-order valence-electron chi connectivity index (χ1n) is 7.61. The van der Waals surface area contributed by atoms with E-state index in [1.165, 1.54) is 0 Å². The molecule has 0 bridgehead atoms. The van der Waals surface area contributed by atoms with Crippen LogP contribution in [0.5, 0.6) is 0 Å². The number of imidazole rings is 1. The molecule has 0 aromatic carbocycles. The quantitative estimate of drug-likeness (QED) is 0.845. The molecule has 0 radical (unpaired) electrons. The number of thioether (sulfide) groups is 1. The number of hydrogen-bond donors (Lipinski definition) is 1. The van der Waals surface area contributed by atoms with Crippen LogP contribution in [0.1, 0.15) is 30.7 Å². The van der Waals surface area contributed by atoms with Gasteiger partial charge in [-0.25, -0.2) is 4.98 Å².